The Morgan fingerprint density at radius 2 is 2.37 bits per heavy atom. The van der Waals surface area contributed by atoms with Crippen molar-refractivity contribution in [3.05, 3.63) is 40.9 Å². The predicted molar refractivity (Wildman–Crippen MR) is 67.1 cm³/mol. The van der Waals surface area contributed by atoms with Gasteiger partial charge in [-0.1, -0.05) is 5.16 Å². The fourth-order valence-corrected chi connectivity index (χ4v) is 2.27. The van der Waals surface area contributed by atoms with Gasteiger partial charge in [-0.25, -0.2) is 9.78 Å². The molecule has 0 spiro atoms. The van der Waals surface area contributed by atoms with Crippen molar-refractivity contribution in [1.29, 1.82) is 0 Å². The first-order chi connectivity index (χ1) is 9.24. The van der Waals surface area contributed by atoms with E-state index in [1.807, 2.05) is 0 Å². The largest absolute Gasteiger partial charge is 0.478 e. The molecule has 0 saturated carbocycles. The number of carboxylic acids is 1. The van der Waals surface area contributed by atoms with E-state index in [1.165, 1.54) is 0 Å². The number of carbonyl (C=O) groups is 1. The van der Waals surface area contributed by atoms with Crippen molar-refractivity contribution in [3.63, 3.8) is 0 Å². The molecule has 3 rings (SSSR count). The highest BCUT2D eigenvalue weighted by molar-refractivity contribution is 5.93. The van der Waals surface area contributed by atoms with Crippen LogP contribution in [0.2, 0.25) is 0 Å². The maximum absolute atomic E-state index is 11.3. The summed E-state index contributed by atoms with van der Waals surface area (Å²) in [6.45, 7) is 0.367. The molecule has 2 aromatic heterocycles. The Morgan fingerprint density at radius 3 is 3.11 bits per heavy atom. The Labute approximate surface area is 109 Å². The number of aromatic carboxylic acids is 1. The maximum Gasteiger partial charge on any atom is 0.339 e. The first-order valence-corrected chi connectivity index (χ1v) is 6.13. The van der Waals surface area contributed by atoms with Gasteiger partial charge in [0.1, 0.15) is 11.4 Å². The molecule has 1 aliphatic carbocycles. The second-order valence-corrected chi connectivity index (χ2v) is 4.48. The van der Waals surface area contributed by atoms with Crippen molar-refractivity contribution < 1.29 is 14.4 Å². The van der Waals surface area contributed by atoms with E-state index in [-0.39, 0.29) is 5.56 Å². The fourth-order valence-electron chi connectivity index (χ4n) is 2.27. The van der Waals surface area contributed by atoms with E-state index in [2.05, 4.69) is 15.5 Å². The summed E-state index contributed by atoms with van der Waals surface area (Å²) >= 11 is 0. The zero-order chi connectivity index (χ0) is 13.2. The zero-order valence-corrected chi connectivity index (χ0v) is 10.2. The molecule has 2 heterocycles. The summed E-state index contributed by atoms with van der Waals surface area (Å²) in [5.41, 5.74) is 2.24. The fraction of sp³-hybridized carbons (Fsp3) is 0.308. The van der Waals surface area contributed by atoms with Crippen molar-refractivity contribution in [1.82, 2.24) is 10.1 Å². The van der Waals surface area contributed by atoms with Crippen LogP contribution in [0.5, 0.6) is 0 Å². The number of nitrogens with one attached hydrogen (secondary N) is 1. The summed E-state index contributed by atoms with van der Waals surface area (Å²) in [5, 5.41) is 15.8. The van der Waals surface area contributed by atoms with Crippen molar-refractivity contribution in [2.75, 3.05) is 5.32 Å². The Kier molecular flexibility index (Phi) is 2.91. The summed E-state index contributed by atoms with van der Waals surface area (Å²) in [5.74, 6) is 0.0606. The van der Waals surface area contributed by atoms with Gasteiger partial charge in [0, 0.05) is 11.8 Å². The Balaban J connectivity index is 1.88. The molecule has 0 radical (unpaired) electrons. The third-order valence-electron chi connectivity index (χ3n) is 3.20. The van der Waals surface area contributed by atoms with Crippen molar-refractivity contribution in [2.45, 2.75) is 25.8 Å². The van der Waals surface area contributed by atoms with E-state index >= 15 is 0 Å². The van der Waals surface area contributed by atoms with Crippen LogP contribution < -0.4 is 5.32 Å². The molecular weight excluding hydrogens is 246 g/mol. The Hall–Kier alpha value is -2.37. The zero-order valence-electron chi connectivity index (χ0n) is 10.2. The molecule has 0 atom stereocenters. The summed E-state index contributed by atoms with van der Waals surface area (Å²) in [7, 11) is 0. The molecule has 2 N–H and O–H groups in total. The minimum atomic E-state index is -0.970. The Morgan fingerprint density at radius 1 is 1.47 bits per heavy atom. The quantitative estimate of drug-likeness (QED) is 0.871. The van der Waals surface area contributed by atoms with Crippen molar-refractivity contribution >= 4 is 11.8 Å². The van der Waals surface area contributed by atoms with Crippen LogP contribution in [-0.4, -0.2) is 21.2 Å². The topological polar surface area (TPSA) is 88.2 Å². The van der Waals surface area contributed by atoms with Gasteiger partial charge in [0.2, 0.25) is 0 Å². The Bertz CT molecular complexity index is 608. The predicted octanol–water partition coefficient (Wildman–Crippen LogP) is 1.87. The van der Waals surface area contributed by atoms with Gasteiger partial charge in [0.25, 0.3) is 0 Å². The van der Waals surface area contributed by atoms with Crippen LogP contribution in [0.4, 0.5) is 5.82 Å². The van der Waals surface area contributed by atoms with Gasteiger partial charge in [0.15, 0.2) is 5.76 Å². The number of anilines is 1. The molecule has 0 aromatic carbocycles. The molecule has 0 aliphatic heterocycles. The van der Waals surface area contributed by atoms with Crippen LogP contribution in [0.25, 0.3) is 0 Å². The average Bonchev–Trinajstić information content (AvgIpc) is 3.05. The molecule has 1 aliphatic rings. The van der Waals surface area contributed by atoms with E-state index in [1.54, 1.807) is 18.3 Å². The number of carboxylic acid groups (broad SMARTS) is 1. The number of nitrogens with zero attached hydrogens (tertiary/aromatic N) is 2. The summed E-state index contributed by atoms with van der Waals surface area (Å²) in [4.78, 5) is 15.7. The molecule has 98 valence electrons. The highest BCUT2D eigenvalue weighted by atomic mass is 16.5. The highest BCUT2D eigenvalue weighted by Gasteiger charge is 2.19. The smallest absolute Gasteiger partial charge is 0.339 e. The standard InChI is InChI=1S/C13H13N3O3/c17-13(18)10-6-8-2-1-3-11(8)16-12(10)14-7-9-4-5-15-19-9/h4-6H,1-3,7H2,(H,14,16)(H,17,18). The second-order valence-electron chi connectivity index (χ2n) is 4.48. The maximum atomic E-state index is 11.3. The van der Waals surface area contributed by atoms with Crippen LogP contribution in [-0.2, 0) is 19.4 Å². The van der Waals surface area contributed by atoms with Crippen molar-refractivity contribution in [2.24, 2.45) is 0 Å². The van der Waals surface area contributed by atoms with E-state index in [0.29, 0.717) is 18.1 Å². The third-order valence-corrected chi connectivity index (χ3v) is 3.20. The van der Waals surface area contributed by atoms with Gasteiger partial charge in [-0.3, -0.25) is 0 Å². The number of pyridine rings is 1. The highest BCUT2D eigenvalue weighted by Crippen LogP contribution is 2.25. The van der Waals surface area contributed by atoms with Crippen LogP contribution >= 0.6 is 0 Å². The first kappa shape index (κ1) is 11.7. The SMILES string of the molecule is O=C(O)c1cc2c(nc1NCc1ccno1)CCC2. The van der Waals surface area contributed by atoms with E-state index in [4.69, 9.17) is 4.52 Å². The van der Waals surface area contributed by atoms with E-state index < -0.39 is 5.97 Å². The number of aromatic nitrogens is 2. The molecule has 0 amide bonds. The van der Waals surface area contributed by atoms with Crippen LogP contribution in [0.3, 0.4) is 0 Å². The molecule has 0 bridgehead atoms. The lowest BCUT2D eigenvalue weighted by molar-refractivity contribution is 0.0697. The van der Waals surface area contributed by atoms with E-state index in [0.717, 1.165) is 30.5 Å². The molecule has 2 aromatic rings. The van der Waals surface area contributed by atoms with Gasteiger partial charge in [-0.2, -0.15) is 0 Å². The van der Waals surface area contributed by atoms with Gasteiger partial charge in [-0.05, 0) is 30.9 Å². The molecule has 6 heteroatoms. The summed E-state index contributed by atoms with van der Waals surface area (Å²) in [6.07, 6.45) is 4.40. The lowest BCUT2D eigenvalue weighted by Gasteiger charge is -2.09. The molecule has 19 heavy (non-hydrogen) atoms. The number of aryl methyl sites for hydroxylation is 2. The minimum Gasteiger partial charge on any atom is -0.478 e. The molecule has 0 fully saturated rings. The number of rotatable bonds is 4. The summed E-state index contributed by atoms with van der Waals surface area (Å²) in [6, 6.07) is 3.45. The molecule has 6 nitrogen and oxygen atoms in total. The van der Waals surface area contributed by atoms with Crippen LogP contribution in [0.15, 0.2) is 22.9 Å². The second kappa shape index (κ2) is 4.72. The molecule has 0 saturated heterocycles. The van der Waals surface area contributed by atoms with Gasteiger partial charge < -0.3 is 14.9 Å². The van der Waals surface area contributed by atoms with Crippen LogP contribution in [0, 0.1) is 0 Å². The van der Waals surface area contributed by atoms with Crippen molar-refractivity contribution in [3.8, 4) is 0 Å². The van der Waals surface area contributed by atoms with Gasteiger partial charge in [0.05, 0.1) is 12.7 Å². The summed E-state index contributed by atoms with van der Waals surface area (Å²) < 4.78 is 4.96. The lowest BCUT2D eigenvalue weighted by atomic mass is 10.1. The number of hydrogen-bond donors (Lipinski definition) is 2. The number of fused-ring (bicyclic) bond motifs is 1. The lowest BCUT2D eigenvalue weighted by Crippen LogP contribution is -2.10. The minimum absolute atomic E-state index is 0.208. The molecule has 0 unspecified atom stereocenters. The third kappa shape index (κ3) is 2.29. The first-order valence-electron chi connectivity index (χ1n) is 6.13. The number of hydrogen-bond acceptors (Lipinski definition) is 5. The monoisotopic (exact) mass is 259 g/mol. The van der Waals surface area contributed by atoms with Gasteiger partial charge >= 0.3 is 5.97 Å². The average molecular weight is 259 g/mol. The van der Waals surface area contributed by atoms with Crippen LogP contribution in [0.1, 0.15) is 33.8 Å². The van der Waals surface area contributed by atoms with E-state index in [9.17, 15) is 9.90 Å². The van der Waals surface area contributed by atoms with Gasteiger partial charge in [-0.15, -0.1) is 0 Å². The molecular formula is C13H13N3O3. The normalized spacial score (nSPS) is 13.3.